The summed E-state index contributed by atoms with van der Waals surface area (Å²) >= 11 is 0. The number of rotatable bonds is 8. The number of para-hydroxylation sites is 1. The summed E-state index contributed by atoms with van der Waals surface area (Å²) in [6, 6.07) is 12.1. The maximum absolute atomic E-state index is 12.5. The fraction of sp³-hybridized carbons (Fsp3) is 0.286. The number of aromatic nitrogens is 2. The van der Waals surface area contributed by atoms with Gasteiger partial charge in [-0.1, -0.05) is 25.1 Å². The predicted octanol–water partition coefficient (Wildman–Crippen LogP) is 2.89. The first-order valence-electron chi connectivity index (χ1n) is 9.65. The van der Waals surface area contributed by atoms with Crippen LogP contribution in [-0.4, -0.2) is 29.6 Å². The largest absolute Gasteiger partial charge is 0.326 e. The smallest absolute Gasteiger partial charge is 0.261 e. The topological polar surface area (TPSA) is 110 Å². The maximum atomic E-state index is 12.5. The van der Waals surface area contributed by atoms with E-state index in [1.165, 1.54) is 10.9 Å². The number of amides is 1. The average Bonchev–Trinajstić information content (AvgIpc) is 2.70. The minimum absolute atomic E-state index is 0.0254. The first kappa shape index (κ1) is 21.5. The van der Waals surface area contributed by atoms with Crippen molar-refractivity contribution in [1.29, 1.82) is 0 Å². The Balaban J connectivity index is 1.69. The number of carbonyl (C=O) groups is 1. The van der Waals surface area contributed by atoms with E-state index in [0.29, 0.717) is 34.3 Å². The van der Waals surface area contributed by atoms with E-state index in [2.05, 4.69) is 15.0 Å². The number of nitrogens with zero attached hydrogens (tertiary/aromatic N) is 2. The second kappa shape index (κ2) is 9.08. The molecule has 1 amide bonds. The molecule has 1 heterocycles. The van der Waals surface area contributed by atoms with Crippen LogP contribution in [0.1, 0.15) is 25.3 Å². The van der Waals surface area contributed by atoms with Crippen LogP contribution in [0.15, 0.2) is 53.6 Å². The van der Waals surface area contributed by atoms with Crippen molar-refractivity contribution in [3.63, 3.8) is 0 Å². The first-order valence-corrected chi connectivity index (χ1v) is 11.3. The third-order valence-corrected chi connectivity index (χ3v) is 6.13. The summed E-state index contributed by atoms with van der Waals surface area (Å²) in [6.07, 6.45) is 2.02. The van der Waals surface area contributed by atoms with Gasteiger partial charge < -0.3 is 5.32 Å². The van der Waals surface area contributed by atoms with Crippen LogP contribution in [0, 0.1) is 6.92 Å². The SMILES string of the molecule is CCCS(=O)(=O)Nc1cccc(NC(=O)CCn2cnc3ccccc3c2=O)c1C. The number of benzene rings is 2. The number of anilines is 2. The summed E-state index contributed by atoms with van der Waals surface area (Å²) in [5.74, 6) is -0.260. The van der Waals surface area contributed by atoms with Crippen LogP contribution < -0.4 is 15.6 Å². The minimum Gasteiger partial charge on any atom is -0.326 e. The Bertz CT molecular complexity index is 1240. The van der Waals surface area contributed by atoms with Gasteiger partial charge in [-0.2, -0.15) is 0 Å². The van der Waals surface area contributed by atoms with Crippen molar-refractivity contribution in [3.05, 3.63) is 64.7 Å². The summed E-state index contributed by atoms with van der Waals surface area (Å²) in [6.45, 7) is 3.71. The molecule has 3 rings (SSSR count). The standard InChI is InChI=1S/C21H24N4O4S/c1-3-13-30(28,29)24-18-10-6-9-17(15(18)2)23-20(26)11-12-25-14-22-19-8-5-4-7-16(19)21(25)27/h4-10,14,24H,3,11-13H2,1-2H3,(H,23,26). The molecule has 0 radical (unpaired) electrons. The predicted molar refractivity (Wildman–Crippen MR) is 118 cm³/mol. The molecule has 158 valence electrons. The lowest BCUT2D eigenvalue weighted by Gasteiger charge is -2.14. The lowest BCUT2D eigenvalue weighted by molar-refractivity contribution is -0.116. The Morgan fingerprint density at radius 2 is 1.83 bits per heavy atom. The van der Waals surface area contributed by atoms with E-state index in [-0.39, 0.29) is 30.2 Å². The van der Waals surface area contributed by atoms with Gasteiger partial charge in [-0.3, -0.25) is 18.9 Å². The summed E-state index contributed by atoms with van der Waals surface area (Å²) in [5.41, 5.74) is 1.98. The van der Waals surface area contributed by atoms with Crippen molar-refractivity contribution < 1.29 is 13.2 Å². The quantitative estimate of drug-likeness (QED) is 0.573. The molecular weight excluding hydrogens is 404 g/mol. The fourth-order valence-corrected chi connectivity index (χ4v) is 4.26. The third-order valence-electron chi connectivity index (χ3n) is 4.66. The van der Waals surface area contributed by atoms with Gasteiger partial charge in [-0.05, 0) is 43.2 Å². The monoisotopic (exact) mass is 428 g/mol. The van der Waals surface area contributed by atoms with Crippen LogP contribution in [0.2, 0.25) is 0 Å². The maximum Gasteiger partial charge on any atom is 0.261 e. The van der Waals surface area contributed by atoms with Gasteiger partial charge in [-0.25, -0.2) is 13.4 Å². The molecule has 0 aliphatic rings. The van der Waals surface area contributed by atoms with Crippen molar-refractivity contribution in [2.75, 3.05) is 15.8 Å². The van der Waals surface area contributed by atoms with Gasteiger partial charge >= 0.3 is 0 Å². The molecule has 0 saturated carbocycles. The number of hydrogen-bond acceptors (Lipinski definition) is 5. The fourth-order valence-electron chi connectivity index (χ4n) is 3.07. The summed E-state index contributed by atoms with van der Waals surface area (Å²) in [7, 11) is -3.43. The van der Waals surface area contributed by atoms with Gasteiger partial charge in [-0.15, -0.1) is 0 Å². The Kier molecular flexibility index (Phi) is 6.51. The van der Waals surface area contributed by atoms with Crippen LogP contribution in [0.4, 0.5) is 11.4 Å². The number of hydrogen-bond donors (Lipinski definition) is 2. The van der Waals surface area contributed by atoms with E-state index in [1.54, 1.807) is 50.2 Å². The van der Waals surface area contributed by atoms with E-state index in [1.807, 2.05) is 6.07 Å². The number of fused-ring (bicyclic) bond motifs is 1. The van der Waals surface area contributed by atoms with Crippen LogP contribution in [0.3, 0.4) is 0 Å². The van der Waals surface area contributed by atoms with Crippen molar-refractivity contribution in [3.8, 4) is 0 Å². The highest BCUT2D eigenvalue weighted by molar-refractivity contribution is 7.92. The second-order valence-electron chi connectivity index (χ2n) is 6.96. The van der Waals surface area contributed by atoms with E-state index in [9.17, 15) is 18.0 Å². The minimum atomic E-state index is -3.43. The molecule has 8 nitrogen and oxygen atoms in total. The molecule has 30 heavy (non-hydrogen) atoms. The van der Waals surface area contributed by atoms with E-state index in [4.69, 9.17) is 0 Å². The van der Waals surface area contributed by atoms with Gasteiger partial charge in [0.25, 0.3) is 5.56 Å². The van der Waals surface area contributed by atoms with Gasteiger partial charge in [0.05, 0.1) is 28.7 Å². The molecule has 0 aliphatic carbocycles. The zero-order valence-electron chi connectivity index (χ0n) is 16.9. The molecule has 0 fully saturated rings. The van der Waals surface area contributed by atoms with E-state index < -0.39 is 10.0 Å². The van der Waals surface area contributed by atoms with Gasteiger partial charge in [0.15, 0.2) is 0 Å². The van der Waals surface area contributed by atoms with Gasteiger partial charge in [0, 0.05) is 18.7 Å². The lowest BCUT2D eigenvalue weighted by Crippen LogP contribution is -2.24. The highest BCUT2D eigenvalue weighted by Crippen LogP contribution is 2.24. The van der Waals surface area contributed by atoms with E-state index in [0.717, 1.165) is 0 Å². The van der Waals surface area contributed by atoms with Crippen LogP contribution >= 0.6 is 0 Å². The van der Waals surface area contributed by atoms with Crippen LogP contribution in [0.25, 0.3) is 10.9 Å². The molecule has 0 unspecified atom stereocenters. The number of carbonyl (C=O) groups excluding carboxylic acids is 1. The number of sulfonamides is 1. The molecule has 0 saturated heterocycles. The Hall–Kier alpha value is -3.20. The van der Waals surface area contributed by atoms with Gasteiger partial charge in [0.2, 0.25) is 15.9 Å². The van der Waals surface area contributed by atoms with Crippen molar-refractivity contribution >= 4 is 38.2 Å². The molecule has 0 bridgehead atoms. The molecule has 0 aliphatic heterocycles. The van der Waals surface area contributed by atoms with Crippen molar-refractivity contribution in [2.45, 2.75) is 33.2 Å². The highest BCUT2D eigenvalue weighted by atomic mass is 32.2. The Morgan fingerprint density at radius 3 is 2.60 bits per heavy atom. The average molecular weight is 429 g/mol. The normalized spacial score (nSPS) is 11.4. The molecule has 1 aromatic heterocycles. The Morgan fingerprint density at radius 1 is 1.10 bits per heavy atom. The summed E-state index contributed by atoms with van der Waals surface area (Å²) < 4.78 is 28.0. The summed E-state index contributed by atoms with van der Waals surface area (Å²) in [5, 5.41) is 3.29. The van der Waals surface area contributed by atoms with Crippen LogP contribution in [0.5, 0.6) is 0 Å². The molecule has 9 heteroatoms. The third kappa shape index (κ3) is 5.04. The molecule has 3 aromatic rings. The second-order valence-corrected chi connectivity index (χ2v) is 8.80. The zero-order chi connectivity index (χ0) is 21.7. The van der Waals surface area contributed by atoms with E-state index >= 15 is 0 Å². The lowest BCUT2D eigenvalue weighted by atomic mass is 10.1. The zero-order valence-corrected chi connectivity index (χ0v) is 17.7. The van der Waals surface area contributed by atoms with Crippen molar-refractivity contribution in [1.82, 2.24) is 9.55 Å². The molecule has 0 atom stereocenters. The first-order chi connectivity index (χ1) is 14.3. The number of aryl methyl sites for hydroxylation is 1. The molecular formula is C21H24N4O4S. The van der Waals surface area contributed by atoms with Gasteiger partial charge in [0.1, 0.15) is 0 Å². The molecule has 2 N–H and O–H groups in total. The van der Waals surface area contributed by atoms with Crippen molar-refractivity contribution in [2.24, 2.45) is 0 Å². The molecule has 2 aromatic carbocycles. The highest BCUT2D eigenvalue weighted by Gasteiger charge is 2.13. The Labute approximate surface area is 175 Å². The summed E-state index contributed by atoms with van der Waals surface area (Å²) in [4.78, 5) is 29.2. The number of nitrogens with one attached hydrogen (secondary N) is 2. The molecule has 0 spiro atoms. The van der Waals surface area contributed by atoms with Crippen LogP contribution in [-0.2, 0) is 21.4 Å².